The maximum atomic E-state index is 11.4. The molecule has 0 aliphatic carbocycles. The third-order valence-corrected chi connectivity index (χ3v) is 2.47. The van der Waals surface area contributed by atoms with Gasteiger partial charge in [0.1, 0.15) is 0 Å². The Morgan fingerprint density at radius 2 is 1.94 bits per heavy atom. The average molecular weight is 225 g/mol. The van der Waals surface area contributed by atoms with Gasteiger partial charge in [0.15, 0.2) is 0 Å². The van der Waals surface area contributed by atoms with Crippen LogP contribution in [0.3, 0.4) is 0 Å². The minimum atomic E-state index is -0.447. The van der Waals surface area contributed by atoms with Crippen LogP contribution in [0.15, 0.2) is 11.6 Å². The van der Waals surface area contributed by atoms with Crippen LogP contribution in [0, 0.1) is 0 Å². The average Bonchev–Trinajstić information content (AvgIpc) is 2.27. The summed E-state index contributed by atoms with van der Waals surface area (Å²) in [5.74, 6) is -0.799. The number of piperidine rings is 1. The van der Waals surface area contributed by atoms with Gasteiger partial charge < -0.3 is 4.74 Å². The number of hydrogen-bond acceptors (Lipinski definition) is 4. The molecule has 0 atom stereocenters. The molecule has 5 heteroatoms. The van der Waals surface area contributed by atoms with Gasteiger partial charge in [-0.15, -0.1) is 0 Å². The Morgan fingerprint density at radius 1 is 1.38 bits per heavy atom. The van der Waals surface area contributed by atoms with Crippen molar-refractivity contribution in [1.82, 2.24) is 4.90 Å². The van der Waals surface area contributed by atoms with Gasteiger partial charge in [0.05, 0.1) is 7.11 Å². The molecule has 1 aliphatic heterocycles. The molecule has 2 amide bonds. The highest BCUT2D eigenvalue weighted by molar-refractivity contribution is 5.97. The van der Waals surface area contributed by atoms with Crippen molar-refractivity contribution in [2.45, 2.75) is 26.2 Å². The summed E-state index contributed by atoms with van der Waals surface area (Å²) in [5, 5.41) is 0. The number of amides is 2. The van der Waals surface area contributed by atoms with Gasteiger partial charge in [-0.25, -0.2) is 4.79 Å². The number of carbonyl (C=O) groups excluding carboxylic acids is 3. The Labute approximate surface area is 94.1 Å². The third kappa shape index (κ3) is 2.92. The molecule has 0 aromatic heterocycles. The Balaban J connectivity index is 2.62. The lowest BCUT2D eigenvalue weighted by Crippen LogP contribution is -2.40. The van der Waals surface area contributed by atoms with Crippen molar-refractivity contribution in [1.29, 1.82) is 0 Å². The molecule has 1 rings (SSSR count). The number of methoxy groups -OCH3 is 1. The third-order valence-electron chi connectivity index (χ3n) is 2.47. The quantitative estimate of drug-likeness (QED) is 0.402. The fourth-order valence-corrected chi connectivity index (χ4v) is 1.48. The molecule has 16 heavy (non-hydrogen) atoms. The van der Waals surface area contributed by atoms with Crippen LogP contribution in [0.2, 0.25) is 0 Å². The molecular weight excluding hydrogens is 210 g/mol. The first kappa shape index (κ1) is 12.4. The first-order chi connectivity index (χ1) is 7.56. The van der Waals surface area contributed by atoms with Crippen LogP contribution in [-0.4, -0.2) is 36.3 Å². The molecule has 88 valence electrons. The van der Waals surface area contributed by atoms with Crippen molar-refractivity contribution in [3.05, 3.63) is 11.6 Å². The highest BCUT2D eigenvalue weighted by Crippen LogP contribution is 2.12. The van der Waals surface area contributed by atoms with E-state index in [4.69, 9.17) is 0 Å². The van der Waals surface area contributed by atoms with E-state index in [2.05, 4.69) is 4.74 Å². The molecule has 0 radical (unpaired) electrons. The zero-order chi connectivity index (χ0) is 12.1. The molecular formula is C11H15NO4. The summed E-state index contributed by atoms with van der Waals surface area (Å²) >= 11 is 0. The number of carbonyl (C=O) groups is 3. The molecule has 1 saturated heterocycles. The molecule has 0 N–H and O–H groups in total. The lowest BCUT2D eigenvalue weighted by atomic mass is 10.1. The highest BCUT2D eigenvalue weighted by Gasteiger charge is 2.24. The van der Waals surface area contributed by atoms with E-state index in [9.17, 15) is 14.4 Å². The van der Waals surface area contributed by atoms with E-state index >= 15 is 0 Å². The standard InChI is InChI=1S/C11H15NO4/c1-8(11(15)16-2)6-7-12-9(13)4-3-5-10(12)14/h6H,3-5,7H2,1-2H3. The van der Waals surface area contributed by atoms with Crippen LogP contribution in [-0.2, 0) is 19.1 Å². The Kier molecular flexibility index (Phi) is 4.22. The monoisotopic (exact) mass is 225 g/mol. The maximum absolute atomic E-state index is 11.4. The molecule has 1 heterocycles. The van der Waals surface area contributed by atoms with Crippen LogP contribution in [0.25, 0.3) is 0 Å². The largest absolute Gasteiger partial charge is 0.466 e. The minimum Gasteiger partial charge on any atom is -0.466 e. The molecule has 0 unspecified atom stereocenters. The van der Waals surface area contributed by atoms with Gasteiger partial charge in [0, 0.05) is 25.0 Å². The summed E-state index contributed by atoms with van der Waals surface area (Å²) in [6.45, 7) is 1.74. The SMILES string of the molecule is COC(=O)C(C)=CCN1C(=O)CCCC1=O. The summed E-state index contributed by atoms with van der Waals surface area (Å²) in [6, 6.07) is 0. The molecule has 0 aromatic carbocycles. The lowest BCUT2D eigenvalue weighted by molar-refractivity contribution is -0.147. The summed E-state index contributed by atoms with van der Waals surface area (Å²) in [6.07, 6.45) is 2.95. The zero-order valence-corrected chi connectivity index (χ0v) is 9.49. The van der Waals surface area contributed by atoms with Crippen LogP contribution < -0.4 is 0 Å². The van der Waals surface area contributed by atoms with Crippen molar-refractivity contribution >= 4 is 17.8 Å². The number of ether oxygens (including phenoxy) is 1. The van der Waals surface area contributed by atoms with Crippen LogP contribution in [0.4, 0.5) is 0 Å². The number of hydrogen-bond donors (Lipinski definition) is 0. The van der Waals surface area contributed by atoms with Gasteiger partial charge in [0.2, 0.25) is 11.8 Å². The summed E-state index contributed by atoms with van der Waals surface area (Å²) in [5.41, 5.74) is 0.397. The second-order valence-corrected chi connectivity index (χ2v) is 3.63. The van der Waals surface area contributed by atoms with Gasteiger partial charge in [0.25, 0.3) is 0 Å². The van der Waals surface area contributed by atoms with Crippen molar-refractivity contribution in [2.24, 2.45) is 0 Å². The van der Waals surface area contributed by atoms with E-state index in [1.54, 1.807) is 6.92 Å². The van der Waals surface area contributed by atoms with Crippen molar-refractivity contribution in [2.75, 3.05) is 13.7 Å². The first-order valence-electron chi connectivity index (χ1n) is 5.14. The van der Waals surface area contributed by atoms with Crippen molar-refractivity contribution in [3.63, 3.8) is 0 Å². The predicted molar refractivity (Wildman–Crippen MR) is 56.3 cm³/mol. The van der Waals surface area contributed by atoms with E-state index in [1.165, 1.54) is 18.1 Å². The van der Waals surface area contributed by atoms with E-state index in [0.717, 1.165) is 0 Å². The normalized spacial score (nSPS) is 17.6. The summed E-state index contributed by atoms with van der Waals surface area (Å²) in [7, 11) is 1.29. The predicted octanol–water partition coefficient (Wildman–Crippen LogP) is 0.645. The Hall–Kier alpha value is -1.65. The van der Waals surface area contributed by atoms with Crippen molar-refractivity contribution in [3.8, 4) is 0 Å². The molecule has 1 fully saturated rings. The summed E-state index contributed by atoms with van der Waals surface area (Å²) < 4.78 is 4.51. The zero-order valence-electron chi connectivity index (χ0n) is 9.49. The van der Waals surface area contributed by atoms with Gasteiger partial charge in [-0.2, -0.15) is 0 Å². The molecule has 0 spiro atoms. The van der Waals surface area contributed by atoms with E-state index < -0.39 is 5.97 Å². The topological polar surface area (TPSA) is 63.7 Å². The van der Waals surface area contributed by atoms with Gasteiger partial charge >= 0.3 is 5.97 Å². The fraction of sp³-hybridized carbons (Fsp3) is 0.545. The number of likely N-dealkylation sites (tertiary alicyclic amines) is 1. The number of nitrogens with zero attached hydrogens (tertiary/aromatic N) is 1. The van der Waals surface area contributed by atoms with Crippen LogP contribution in [0.1, 0.15) is 26.2 Å². The van der Waals surface area contributed by atoms with Gasteiger partial charge in [-0.1, -0.05) is 6.08 Å². The fourth-order valence-electron chi connectivity index (χ4n) is 1.48. The second-order valence-electron chi connectivity index (χ2n) is 3.63. The number of esters is 1. The number of rotatable bonds is 3. The van der Waals surface area contributed by atoms with Gasteiger partial charge in [-0.3, -0.25) is 14.5 Å². The van der Waals surface area contributed by atoms with Crippen LogP contribution in [0.5, 0.6) is 0 Å². The Morgan fingerprint density at radius 3 is 2.44 bits per heavy atom. The van der Waals surface area contributed by atoms with E-state index in [0.29, 0.717) is 24.8 Å². The molecule has 0 saturated carbocycles. The first-order valence-corrected chi connectivity index (χ1v) is 5.14. The Bertz CT molecular complexity index is 330. The van der Waals surface area contributed by atoms with E-state index in [1.807, 2.05) is 0 Å². The molecule has 5 nitrogen and oxygen atoms in total. The van der Waals surface area contributed by atoms with E-state index in [-0.39, 0.29) is 18.4 Å². The molecule has 1 aliphatic rings. The molecule has 0 aromatic rings. The van der Waals surface area contributed by atoms with Crippen molar-refractivity contribution < 1.29 is 19.1 Å². The second kappa shape index (κ2) is 5.44. The minimum absolute atomic E-state index is 0.151. The maximum Gasteiger partial charge on any atom is 0.333 e. The molecule has 0 bridgehead atoms. The highest BCUT2D eigenvalue weighted by atomic mass is 16.5. The van der Waals surface area contributed by atoms with Gasteiger partial charge in [-0.05, 0) is 13.3 Å². The number of imide groups is 1. The van der Waals surface area contributed by atoms with Crippen LogP contribution >= 0.6 is 0 Å². The lowest BCUT2D eigenvalue weighted by Gasteiger charge is -2.23. The summed E-state index contributed by atoms with van der Waals surface area (Å²) in [4.78, 5) is 35.1. The smallest absolute Gasteiger partial charge is 0.333 e.